The number of halogens is 2. The molecule has 0 atom stereocenters. The molecule has 35 heavy (non-hydrogen) atoms. The highest BCUT2D eigenvalue weighted by Gasteiger charge is 2.26. The summed E-state index contributed by atoms with van der Waals surface area (Å²) in [6.07, 6.45) is 6.94. The number of alkyl carbamates (subject to hydrolysis) is 1. The third-order valence-corrected chi connectivity index (χ3v) is 8.35. The van der Waals surface area contributed by atoms with Crippen LogP contribution in [0.5, 0.6) is 0 Å². The van der Waals surface area contributed by atoms with Gasteiger partial charge in [0.15, 0.2) is 11.4 Å². The summed E-state index contributed by atoms with van der Waals surface area (Å²) >= 11 is 12.3. The van der Waals surface area contributed by atoms with Crippen molar-refractivity contribution in [1.82, 2.24) is 15.4 Å². The second-order valence-electron chi connectivity index (χ2n) is 9.97. The summed E-state index contributed by atoms with van der Waals surface area (Å²) in [5.41, 5.74) is 0.666. The zero-order valence-corrected chi connectivity index (χ0v) is 21.5. The van der Waals surface area contributed by atoms with Gasteiger partial charge in [0.1, 0.15) is 6.10 Å². The van der Waals surface area contributed by atoms with Crippen molar-refractivity contribution in [3.05, 3.63) is 22.2 Å². The number of amides is 1. The van der Waals surface area contributed by atoms with Gasteiger partial charge in [0.25, 0.3) is 0 Å². The molecule has 192 valence electrons. The van der Waals surface area contributed by atoms with E-state index in [2.05, 4.69) is 20.3 Å². The second kappa shape index (κ2) is 11.5. The van der Waals surface area contributed by atoms with Gasteiger partial charge in [-0.3, -0.25) is 4.90 Å². The molecule has 1 N–H and O–H groups in total. The lowest BCUT2D eigenvalue weighted by molar-refractivity contribution is 0.000273. The summed E-state index contributed by atoms with van der Waals surface area (Å²) in [7, 11) is 0. The van der Waals surface area contributed by atoms with Crippen LogP contribution in [-0.2, 0) is 9.47 Å². The summed E-state index contributed by atoms with van der Waals surface area (Å²) in [5, 5.41) is 9.27. The van der Waals surface area contributed by atoms with Gasteiger partial charge in [-0.25, -0.2) is 4.79 Å². The van der Waals surface area contributed by atoms with Crippen LogP contribution in [0.15, 0.2) is 16.7 Å². The first-order valence-corrected chi connectivity index (χ1v) is 13.6. The number of anilines is 1. The molecule has 1 aliphatic carbocycles. The molecule has 1 amide bonds. The number of benzene rings is 1. The third kappa shape index (κ3) is 6.34. The molecule has 8 nitrogen and oxygen atoms in total. The number of nitrogens with zero attached hydrogens (tertiary/aromatic N) is 3. The highest BCUT2D eigenvalue weighted by atomic mass is 35.5. The standard InChI is InChI=1S/C25H34Cl2N4O4/c26-21-15-20-23(16-22(21)27)35-29-24(20)31-11-9-30(10-12-31)8-5-17-1-3-18(4-2-17)28-25(32)34-19-6-13-33-14-7-19/h15-19H,1-14H2,(H,28,32)/t17-,18-. The van der Waals surface area contributed by atoms with E-state index in [-0.39, 0.29) is 18.2 Å². The molecule has 10 heteroatoms. The number of ether oxygens (including phenoxy) is 2. The van der Waals surface area contributed by atoms with Gasteiger partial charge in [0.05, 0.1) is 28.6 Å². The van der Waals surface area contributed by atoms with E-state index >= 15 is 0 Å². The van der Waals surface area contributed by atoms with Crippen LogP contribution in [-0.4, -0.2) is 74.2 Å². The zero-order valence-electron chi connectivity index (χ0n) is 20.0. The smallest absolute Gasteiger partial charge is 0.407 e. The number of hydrogen-bond acceptors (Lipinski definition) is 7. The van der Waals surface area contributed by atoms with Crippen molar-refractivity contribution in [3.63, 3.8) is 0 Å². The molecule has 1 aromatic heterocycles. The van der Waals surface area contributed by atoms with E-state index in [0.717, 1.165) is 88.4 Å². The van der Waals surface area contributed by atoms with E-state index in [1.807, 2.05) is 6.07 Å². The lowest BCUT2D eigenvalue weighted by Gasteiger charge is -2.36. The lowest BCUT2D eigenvalue weighted by atomic mass is 9.84. The predicted molar refractivity (Wildman–Crippen MR) is 137 cm³/mol. The van der Waals surface area contributed by atoms with Crippen LogP contribution >= 0.6 is 23.2 Å². The molecule has 3 heterocycles. The molecule has 1 aromatic carbocycles. The Bertz CT molecular complexity index is 997. The second-order valence-corrected chi connectivity index (χ2v) is 10.8. The van der Waals surface area contributed by atoms with Gasteiger partial charge in [-0.2, -0.15) is 0 Å². The number of fused-ring (bicyclic) bond motifs is 1. The quantitative estimate of drug-likeness (QED) is 0.562. The van der Waals surface area contributed by atoms with Crippen LogP contribution in [0.4, 0.5) is 10.6 Å². The molecule has 0 unspecified atom stereocenters. The maximum absolute atomic E-state index is 12.2. The fraction of sp³-hybridized carbons (Fsp3) is 0.680. The SMILES string of the molecule is O=C(N[C@H]1CC[C@H](CCN2CCN(c3noc4cc(Cl)c(Cl)cc34)CC2)CC1)OC1CCOCC1. The average molecular weight is 525 g/mol. The van der Waals surface area contributed by atoms with Crippen molar-refractivity contribution in [2.24, 2.45) is 5.92 Å². The average Bonchev–Trinajstić information content (AvgIpc) is 3.27. The number of hydrogen-bond donors (Lipinski definition) is 1. The fourth-order valence-electron chi connectivity index (χ4n) is 5.44. The Labute approximate surface area is 216 Å². The van der Waals surface area contributed by atoms with Crippen molar-refractivity contribution in [2.45, 2.75) is 57.1 Å². The Morgan fingerprint density at radius 3 is 2.49 bits per heavy atom. The lowest BCUT2D eigenvalue weighted by Crippen LogP contribution is -2.47. The topological polar surface area (TPSA) is 80.1 Å². The fourth-order valence-corrected chi connectivity index (χ4v) is 5.76. The van der Waals surface area contributed by atoms with Crippen LogP contribution in [0.2, 0.25) is 10.0 Å². The number of nitrogens with one attached hydrogen (secondary N) is 1. The summed E-state index contributed by atoms with van der Waals surface area (Å²) in [6.45, 7) is 6.30. The molecule has 2 aromatic rings. The van der Waals surface area contributed by atoms with Crippen LogP contribution in [0.1, 0.15) is 44.9 Å². The molecular formula is C25H34Cl2N4O4. The molecular weight excluding hydrogens is 491 g/mol. The highest BCUT2D eigenvalue weighted by molar-refractivity contribution is 6.42. The normalized spacial score (nSPS) is 24.6. The van der Waals surface area contributed by atoms with E-state index in [1.165, 1.54) is 6.42 Å². The summed E-state index contributed by atoms with van der Waals surface area (Å²) in [6, 6.07) is 3.81. The van der Waals surface area contributed by atoms with Gasteiger partial charge < -0.3 is 24.2 Å². The first kappa shape index (κ1) is 24.9. The van der Waals surface area contributed by atoms with Gasteiger partial charge in [-0.1, -0.05) is 28.4 Å². The van der Waals surface area contributed by atoms with E-state index < -0.39 is 0 Å². The Morgan fingerprint density at radius 2 is 1.74 bits per heavy atom. The highest BCUT2D eigenvalue weighted by Crippen LogP contribution is 2.34. The first-order chi connectivity index (χ1) is 17.0. The molecule has 1 saturated carbocycles. The zero-order chi connectivity index (χ0) is 24.2. The number of rotatable bonds is 6. The maximum Gasteiger partial charge on any atom is 0.407 e. The van der Waals surface area contributed by atoms with Crippen LogP contribution in [0, 0.1) is 5.92 Å². The molecule has 3 aliphatic rings. The molecule has 5 rings (SSSR count). The molecule has 0 spiro atoms. The maximum atomic E-state index is 12.2. The van der Waals surface area contributed by atoms with Gasteiger partial charge in [-0.15, -0.1) is 0 Å². The third-order valence-electron chi connectivity index (χ3n) is 7.63. The minimum absolute atomic E-state index is 0.000125. The van der Waals surface area contributed by atoms with E-state index in [4.69, 9.17) is 37.2 Å². The van der Waals surface area contributed by atoms with Crippen molar-refractivity contribution in [1.29, 1.82) is 0 Å². The number of piperazine rings is 1. The molecule has 3 fully saturated rings. The minimum atomic E-state index is -0.261. The Morgan fingerprint density at radius 1 is 1.03 bits per heavy atom. The molecule has 2 aliphatic heterocycles. The Hall–Kier alpha value is -1.74. The Balaban J connectivity index is 1.00. The molecule has 0 bridgehead atoms. The summed E-state index contributed by atoms with van der Waals surface area (Å²) < 4.78 is 16.4. The summed E-state index contributed by atoms with van der Waals surface area (Å²) in [5.74, 6) is 1.57. The monoisotopic (exact) mass is 524 g/mol. The van der Waals surface area contributed by atoms with Crippen molar-refractivity contribution >= 4 is 46.1 Å². The van der Waals surface area contributed by atoms with E-state index in [0.29, 0.717) is 28.8 Å². The minimum Gasteiger partial charge on any atom is -0.446 e. The molecule has 2 saturated heterocycles. The number of carbonyl (C=O) groups is 1. The van der Waals surface area contributed by atoms with Gasteiger partial charge >= 0.3 is 6.09 Å². The van der Waals surface area contributed by atoms with Crippen molar-refractivity contribution in [2.75, 3.05) is 50.8 Å². The van der Waals surface area contributed by atoms with Gasteiger partial charge in [0.2, 0.25) is 0 Å². The first-order valence-electron chi connectivity index (χ1n) is 12.8. The summed E-state index contributed by atoms with van der Waals surface area (Å²) in [4.78, 5) is 17.0. The van der Waals surface area contributed by atoms with Crippen molar-refractivity contribution < 1.29 is 18.8 Å². The van der Waals surface area contributed by atoms with E-state index in [1.54, 1.807) is 6.07 Å². The van der Waals surface area contributed by atoms with Crippen LogP contribution in [0.25, 0.3) is 11.0 Å². The predicted octanol–water partition coefficient (Wildman–Crippen LogP) is 5.11. The number of carbonyl (C=O) groups excluding carboxylic acids is 1. The van der Waals surface area contributed by atoms with Gasteiger partial charge in [0, 0.05) is 51.1 Å². The van der Waals surface area contributed by atoms with Crippen LogP contribution < -0.4 is 10.2 Å². The van der Waals surface area contributed by atoms with Crippen LogP contribution in [0.3, 0.4) is 0 Å². The van der Waals surface area contributed by atoms with Crippen molar-refractivity contribution in [3.8, 4) is 0 Å². The number of aromatic nitrogens is 1. The largest absolute Gasteiger partial charge is 0.446 e. The van der Waals surface area contributed by atoms with Gasteiger partial charge in [-0.05, 0) is 50.6 Å². The van der Waals surface area contributed by atoms with E-state index in [9.17, 15) is 4.79 Å². The Kier molecular flexibility index (Phi) is 8.22. The molecule has 0 radical (unpaired) electrons.